The van der Waals surface area contributed by atoms with Crippen molar-refractivity contribution in [3.05, 3.63) is 57.1 Å². The van der Waals surface area contributed by atoms with Crippen LogP contribution in [-0.2, 0) is 12.8 Å². The molecule has 0 aliphatic rings. The zero-order valence-corrected chi connectivity index (χ0v) is 10.9. The van der Waals surface area contributed by atoms with Crippen LogP contribution in [0.2, 0.25) is 0 Å². The molecule has 20 heavy (non-hydrogen) atoms. The molecular formula is C14H14F2N2O2. The van der Waals surface area contributed by atoms with E-state index in [0.717, 1.165) is 12.1 Å². The van der Waals surface area contributed by atoms with E-state index in [1.165, 1.54) is 6.07 Å². The molecule has 0 unspecified atom stereocenters. The molecule has 0 aliphatic heterocycles. The summed E-state index contributed by atoms with van der Waals surface area (Å²) >= 11 is 0. The number of hydrogen-bond donors (Lipinski definition) is 2. The molecule has 1 aromatic heterocycles. The second-order valence-corrected chi connectivity index (χ2v) is 4.48. The number of benzene rings is 1. The van der Waals surface area contributed by atoms with Crippen LogP contribution in [0.1, 0.15) is 30.3 Å². The van der Waals surface area contributed by atoms with Crippen LogP contribution in [0.4, 0.5) is 8.78 Å². The SMILES string of the molecule is CCCc1c(O)nc(Cc2ccc(F)cc2F)[nH]c1=O. The lowest BCUT2D eigenvalue weighted by Gasteiger charge is -2.06. The molecular weight excluding hydrogens is 266 g/mol. The standard InChI is InChI=1S/C14H14F2N2O2/c1-2-3-10-13(19)17-12(18-14(10)20)6-8-4-5-9(15)7-11(8)16/h4-5,7H,2-3,6H2,1H3,(H2,17,18,19,20). The lowest BCUT2D eigenvalue weighted by Crippen LogP contribution is -2.17. The highest BCUT2D eigenvalue weighted by Crippen LogP contribution is 2.15. The minimum absolute atomic E-state index is 0.0265. The molecule has 0 atom stereocenters. The van der Waals surface area contributed by atoms with Gasteiger partial charge in [0.15, 0.2) is 0 Å². The Morgan fingerprint density at radius 3 is 2.70 bits per heavy atom. The number of H-pyrrole nitrogens is 1. The Bertz CT molecular complexity index is 683. The first-order valence-corrected chi connectivity index (χ1v) is 6.26. The minimum atomic E-state index is -0.718. The lowest BCUT2D eigenvalue weighted by molar-refractivity contribution is 0.439. The van der Waals surface area contributed by atoms with E-state index in [1.807, 2.05) is 6.92 Å². The van der Waals surface area contributed by atoms with E-state index < -0.39 is 17.2 Å². The topological polar surface area (TPSA) is 66.0 Å². The van der Waals surface area contributed by atoms with Crippen LogP contribution in [0.3, 0.4) is 0 Å². The van der Waals surface area contributed by atoms with Gasteiger partial charge >= 0.3 is 0 Å². The Balaban J connectivity index is 2.33. The molecule has 0 spiro atoms. The summed E-state index contributed by atoms with van der Waals surface area (Å²) in [6, 6.07) is 3.17. The molecule has 4 nitrogen and oxygen atoms in total. The van der Waals surface area contributed by atoms with Gasteiger partial charge in [-0.2, -0.15) is 4.98 Å². The van der Waals surface area contributed by atoms with Crippen LogP contribution in [-0.4, -0.2) is 15.1 Å². The minimum Gasteiger partial charge on any atom is -0.493 e. The molecule has 2 N–H and O–H groups in total. The van der Waals surface area contributed by atoms with Crippen molar-refractivity contribution in [3.8, 4) is 5.88 Å². The van der Waals surface area contributed by atoms with Crippen molar-refractivity contribution >= 4 is 0 Å². The Labute approximate surface area is 114 Å². The molecule has 0 radical (unpaired) electrons. The lowest BCUT2D eigenvalue weighted by atomic mass is 10.1. The number of hydrogen-bond acceptors (Lipinski definition) is 3. The first kappa shape index (κ1) is 14.2. The Kier molecular flexibility index (Phi) is 4.12. The third kappa shape index (κ3) is 3.01. The molecule has 106 valence electrons. The summed E-state index contributed by atoms with van der Waals surface area (Å²) in [5, 5.41) is 9.71. The number of rotatable bonds is 4. The van der Waals surface area contributed by atoms with Gasteiger partial charge in [-0.1, -0.05) is 19.4 Å². The van der Waals surface area contributed by atoms with Crippen LogP contribution in [0.5, 0.6) is 5.88 Å². The van der Waals surface area contributed by atoms with Crippen LogP contribution in [0, 0.1) is 11.6 Å². The molecule has 0 amide bonds. The highest BCUT2D eigenvalue weighted by atomic mass is 19.1. The molecule has 6 heteroatoms. The van der Waals surface area contributed by atoms with Crippen LogP contribution in [0.15, 0.2) is 23.0 Å². The third-order valence-corrected chi connectivity index (χ3v) is 2.92. The van der Waals surface area contributed by atoms with Crippen molar-refractivity contribution < 1.29 is 13.9 Å². The van der Waals surface area contributed by atoms with E-state index in [0.29, 0.717) is 12.8 Å². The number of nitrogens with one attached hydrogen (secondary N) is 1. The third-order valence-electron chi connectivity index (χ3n) is 2.92. The first-order chi connectivity index (χ1) is 9.51. The summed E-state index contributed by atoms with van der Waals surface area (Å²) in [6.07, 6.45) is 1.09. The van der Waals surface area contributed by atoms with Gasteiger partial charge in [-0.25, -0.2) is 8.78 Å². The van der Waals surface area contributed by atoms with E-state index in [-0.39, 0.29) is 29.3 Å². The molecule has 0 bridgehead atoms. The average Bonchev–Trinajstić information content (AvgIpc) is 2.37. The van der Waals surface area contributed by atoms with Gasteiger partial charge in [0.25, 0.3) is 5.56 Å². The molecule has 2 aromatic rings. The van der Waals surface area contributed by atoms with Gasteiger partial charge in [-0.3, -0.25) is 4.79 Å². The van der Waals surface area contributed by atoms with Crippen LogP contribution >= 0.6 is 0 Å². The van der Waals surface area contributed by atoms with Gasteiger partial charge in [-0.15, -0.1) is 0 Å². The maximum atomic E-state index is 13.5. The molecule has 1 heterocycles. The molecule has 1 aromatic carbocycles. The van der Waals surface area contributed by atoms with Gasteiger partial charge < -0.3 is 10.1 Å². The fraction of sp³-hybridized carbons (Fsp3) is 0.286. The maximum absolute atomic E-state index is 13.5. The second kappa shape index (κ2) is 5.81. The number of aromatic hydroxyl groups is 1. The Morgan fingerprint density at radius 2 is 2.10 bits per heavy atom. The molecule has 0 saturated carbocycles. The van der Waals surface area contributed by atoms with Crippen molar-refractivity contribution in [2.75, 3.05) is 0 Å². The van der Waals surface area contributed by atoms with Crippen molar-refractivity contribution in [3.63, 3.8) is 0 Å². The zero-order valence-electron chi connectivity index (χ0n) is 10.9. The van der Waals surface area contributed by atoms with Crippen molar-refractivity contribution in [1.82, 2.24) is 9.97 Å². The fourth-order valence-electron chi connectivity index (χ4n) is 1.94. The maximum Gasteiger partial charge on any atom is 0.257 e. The largest absolute Gasteiger partial charge is 0.493 e. The quantitative estimate of drug-likeness (QED) is 0.903. The first-order valence-electron chi connectivity index (χ1n) is 6.26. The van der Waals surface area contributed by atoms with Gasteiger partial charge in [0.1, 0.15) is 17.5 Å². The van der Waals surface area contributed by atoms with Gasteiger partial charge in [0.05, 0.1) is 5.56 Å². The molecule has 0 fully saturated rings. The number of aromatic amines is 1. The molecule has 0 saturated heterocycles. The van der Waals surface area contributed by atoms with Gasteiger partial charge in [0.2, 0.25) is 5.88 Å². The van der Waals surface area contributed by atoms with E-state index >= 15 is 0 Å². The Hall–Kier alpha value is -2.24. The number of nitrogens with zero attached hydrogens (tertiary/aromatic N) is 1. The van der Waals surface area contributed by atoms with Crippen molar-refractivity contribution in [2.24, 2.45) is 0 Å². The van der Waals surface area contributed by atoms with Crippen molar-refractivity contribution in [2.45, 2.75) is 26.2 Å². The summed E-state index contributed by atoms with van der Waals surface area (Å²) in [5.74, 6) is -1.59. The highest BCUT2D eigenvalue weighted by molar-refractivity contribution is 5.26. The average molecular weight is 280 g/mol. The van der Waals surface area contributed by atoms with Gasteiger partial charge in [-0.05, 0) is 18.1 Å². The van der Waals surface area contributed by atoms with Gasteiger partial charge in [0, 0.05) is 12.5 Å². The van der Waals surface area contributed by atoms with E-state index in [1.54, 1.807) is 0 Å². The highest BCUT2D eigenvalue weighted by Gasteiger charge is 2.12. The number of aromatic nitrogens is 2. The summed E-state index contributed by atoms with van der Waals surface area (Å²) in [4.78, 5) is 18.1. The second-order valence-electron chi connectivity index (χ2n) is 4.48. The summed E-state index contributed by atoms with van der Waals surface area (Å²) in [6.45, 7) is 1.88. The summed E-state index contributed by atoms with van der Waals surface area (Å²) in [5.41, 5.74) is -0.0233. The zero-order chi connectivity index (χ0) is 14.7. The number of halogens is 2. The van der Waals surface area contributed by atoms with E-state index in [9.17, 15) is 18.7 Å². The van der Waals surface area contributed by atoms with E-state index in [4.69, 9.17) is 0 Å². The fourth-order valence-corrected chi connectivity index (χ4v) is 1.94. The monoisotopic (exact) mass is 280 g/mol. The normalized spacial score (nSPS) is 10.8. The Morgan fingerprint density at radius 1 is 1.35 bits per heavy atom. The smallest absolute Gasteiger partial charge is 0.257 e. The summed E-state index contributed by atoms with van der Waals surface area (Å²) in [7, 11) is 0. The molecule has 2 rings (SSSR count). The van der Waals surface area contributed by atoms with Crippen LogP contribution in [0.25, 0.3) is 0 Å². The predicted molar refractivity (Wildman–Crippen MR) is 69.7 cm³/mol. The van der Waals surface area contributed by atoms with Crippen molar-refractivity contribution in [1.29, 1.82) is 0 Å². The molecule has 0 aliphatic carbocycles. The van der Waals surface area contributed by atoms with E-state index in [2.05, 4.69) is 9.97 Å². The van der Waals surface area contributed by atoms with Crippen LogP contribution < -0.4 is 5.56 Å². The predicted octanol–water partition coefficient (Wildman–Crippen LogP) is 2.30. The summed E-state index contributed by atoms with van der Waals surface area (Å²) < 4.78 is 26.3.